The SMILES string of the molecule is COc1c2c(c(O)c3ncc(F)cc13)C(=O)N(Cc1ccc(F)cc1)C2. The average molecular weight is 356 g/mol. The van der Waals surface area contributed by atoms with Gasteiger partial charge in [-0.15, -0.1) is 0 Å². The average Bonchev–Trinajstić information content (AvgIpc) is 2.94. The highest BCUT2D eigenvalue weighted by molar-refractivity contribution is 6.08. The number of aromatic nitrogens is 1. The number of phenols is 1. The Balaban J connectivity index is 1.81. The maximum atomic E-state index is 13.6. The molecule has 0 aliphatic carbocycles. The number of ether oxygens (including phenoxy) is 1. The van der Waals surface area contributed by atoms with Gasteiger partial charge in [0.25, 0.3) is 5.91 Å². The number of aromatic hydroxyl groups is 1. The second-order valence-electron chi connectivity index (χ2n) is 6.07. The summed E-state index contributed by atoms with van der Waals surface area (Å²) in [5.41, 5.74) is 1.45. The van der Waals surface area contributed by atoms with Gasteiger partial charge < -0.3 is 14.7 Å². The van der Waals surface area contributed by atoms with Crippen molar-refractivity contribution < 1.29 is 23.4 Å². The minimum atomic E-state index is -0.567. The maximum Gasteiger partial charge on any atom is 0.258 e. The fourth-order valence-electron chi connectivity index (χ4n) is 3.31. The van der Waals surface area contributed by atoms with Crippen LogP contribution in [0.4, 0.5) is 8.78 Å². The second-order valence-corrected chi connectivity index (χ2v) is 6.07. The van der Waals surface area contributed by atoms with Crippen molar-refractivity contribution in [2.24, 2.45) is 0 Å². The van der Waals surface area contributed by atoms with Crippen LogP contribution in [0.1, 0.15) is 21.5 Å². The van der Waals surface area contributed by atoms with Crippen molar-refractivity contribution in [1.82, 2.24) is 9.88 Å². The number of fused-ring (bicyclic) bond motifs is 2. The van der Waals surface area contributed by atoms with Crippen molar-refractivity contribution in [1.29, 1.82) is 0 Å². The fourth-order valence-corrected chi connectivity index (χ4v) is 3.31. The van der Waals surface area contributed by atoms with E-state index in [2.05, 4.69) is 4.98 Å². The third kappa shape index (κ3) is 2.44. The number of benzene rings is 2. The van der Waals surface area contributed by atoms with E-state index in [4.69, 9.17) is 4.74 Å². The molecule has 2 heterocycles. The molecule has 132 valence electrons. The van der Waals surface area contributed by atoms with Crippen molar-refractivity contribution in [3.05, 3.63) is 64.9 Å². The highest BCUT2D eigenvalue weighted by Gasteiger charge is 2.35. The zero-order valence-corrected chi connectivity index (χ0v) is 13.8. The Morgan fingerprint density at radius 2 is 1.96 bits per heavy atom. The number of hydrogen-bond acceptors (Lipinski definition) is 4. The van der Waals surface area contributed by atoms with E-state index >= 15 is 0 Å². The molecule has 26 heavy (non-hydrogen) atoms. The van der Waals surface area contributed by atoms with Crippen LogP contribution in [0.15, 0.2) is 36.5 Å². The molecule has 1 N–H and O–H groups in total. The molecule has 0 bridgehead atoms. The molecule has 0 fully saturated rings. The molecule has 1 amide bonds. The smallest absolute Gasteiger partial charge is 0.258 e. The Morgan fingerprint density at radius 1 is 1.23 bits per heavy atom. The summed E-state index contributed by atoms with van der Waals surface area (Å²) in [4.78, 5) is 18.2. The predicted octanol–water partition coefficient (Wildman–Crippen LogP) is 3.38. The number of phenolic OH excluding ortho intramolecular Hbond substituents is 1. The molecule has 1 aliphatic rings. The van der Waals surface area contributed by atoms with Crippen LogP contribution in [-0.4, -0.2) is 28.0 Å². The monoisotopic (exact) mass is 356 g/mol. The highest BCUT2D eigenvalue weighted by atomic mass is 19.1. The lowest BCUT2D eigenvalue weighted by molar-refractivity contribution is 0.0764. The van der Waals surface area contributed by atoms with Crippen LogP contribution >= 0.6 is 0 Å². The number of hydrogen-bond donors (Lipinski definition) is 1. The fraction of sp³-hybridized carbons (Fsp3) is 0.158. The number of rotatable bonds is 3. The van der Waals surface area contributed by atoms with Crippen LogP contribution < -0.4 is 4.74 Å². The molecular formula is C19H14F2N2O3. The largest absolute Gasteiger partial charge is 0.505 e. The quantitative estimate of drug-likeness (QED) is 0.781. The Bertz CT molecular complexity index is 1040. The zero-order valence-electron chi connectivity index (χ0n) is 13.8. The van der Waals surface area contributed by atoms with Gasteiger partial charge in [0, 0.05) is 17.5 Å². The summed E-state index contributed by atoms with van der Waals surface area (Å²) in [5.74, 6) is -1.28. The minimum absolute atomic E-state index is 0.107. The van der Waals surface area contributed by atoms with Crippen LogP contribution in [0.5, 0.6) is 11.5 Å². The summed E-state index contributed by atoms with van der Waals surface area (Å²) in [6.45, 7) is 0.434. The number of halogens is 2. The number of methoxy groups -OCH3 is 1. The number of amides is 1. The third-order valence-corrected chi connectivity index (χ3v) is 4.48. The zero-order chi connectivity index (χ0) is 18.4. The van der Waals surface area contributed by atoms with Gasteiger partial charge in [-0.25, -0.2) is 13.8 Å². The molecule has 4 rings (SSSR count). The van der Waals surface area contributed by atoms with E-state index in [9.17, 15) is 18.7 Å². The van der Waals surface area contributed by atoms with E-state index in [0.717, 1.165) is 11.8 Å². The second kappa shape index (κ2) is 5.94. The first-order valence-electron chi connectivity index (χ1n) is 7.90. The van der Waals surface area contributed by atoms with Crippen molar-refractivity contribution in [3.8, 4) is 11.5 Å². The topological polar surface area (TPSA) is 62.7 Å². The molecule has 0 atom stereocenters. The highest BCUT2D eigenvalue weighted by Crippen LogP contribution is 2.43. The van der Waals surface area contributed by atoms with Gasteiger partial charge in [0.1, 0.15) is 22.9 Å². The van der Waals surface area contributed by atoms with Crippen molar-refractivity contribution in [2.45, 2.75) is 13.1 Å². The molecule has 2 aromatic carbocycles. The lowest BCUT2D eigenvalue weighted by Gasteiger charge is -2.15. The van der Waals surface area contributed by atoms with E-state index in [1.807, 2.05) is 0 Å². The lowest BCUT2D eigenvalue weighted by atomic mass is 10.0. The van der Waals surface area contributed by atoms with E-state index in [1.165, 1.54) is 30.2 Å². The normalized spacial score (nSPS) is 13.3. The molecular weight excluding hydrogens is 342 g/mol. The summed E-state index contributed by atoms with van der Waals surface area (Å²) in [5, 5.41) is 10.8. The lowest BCUT2D eigenvalue weighted by Crippen LogP contribution is -2.23. The molecule has 5 nitrogen and oxygen atoms in total. The number of carbonyl (C=O) groups excluding carboxylic acids is 1. The Labute approximate surface area is 147 Å². The van der Waals surface area contributed by atoms with Crippen molar-refractivity contribution in [3.63, 3.8) is 0 Å². The van der Waals surface area contributed by atoms with Crippen LogP contribution in [0.2, 0.25) is 0 Å². The number of carbonyl (C=O) groups is 1. The van der Waals surface area contributed by atoms with Crippen LogP contribution in [-0.2, 0) is 13.1 Å². The van der Waals surface area contributed by atoms with Crippen molar-refractivity contribution in [2.75, 3.05) is 7.11 Å². The first kappa shape index (κ1) is 16.3. The summed E-state index contributed by atoms with van der Waals surface area (Å²) in [6.07, 6.45) is 0.976. The molecule has 1 aromatic heterocycles. The van der Waals surface area contributed by atoms with Crippen LogP contribution in [0, 0.1) is 11.6 Å². The molecule has 0 spiro atoms. The third-order valence-electron chi connectivity index (χ3n) is 4.48. The molecule has 0 saturated carbocycles. The van der Waals surface area contributed by atoms with Gasteiger partial charge in [-0.2, -0.15) is 0 Å². The van der Waals surface area contributed by atoms with Gasteiger partial charge in [-0.3, -0.25) is 4.79 Å². The van der Waals surface area contributed by atoms with Gasteiger partial charge in [-0.1, -0.05) is 12.1 Å². The summed E-state index contributed by atoms with van der Waals surface area (Å²) < 4.78 is 32.1. The van der Waals surface area contributed by atoms with Gasteiger partial charge >= 0.3 is 0 Å². The molecule has 7 heteroatoms. The Kier molecular flexibility index (Phi) is 3.72. The first-order chi connectivity index (χ1) is 12.5. The van der Waals surface area contributed by atoms with Gasteiger partial charge in [-0.05, 0) is 23.8 Å². The molecule has 1 aliphatic heterocycles. The van der Waals surface area contributed by atoms with E-state index < -0.39 is 5.82 Å². The van der Waals surface area contributed by atoms with Crippen LogP contribution in [0.3, 0.4) is 0 Å². The van der Waals surface area contributed by atoms with Gasteiger partial charge in [0.15, 0.2) is 5.75 Å². The molecule has 0 radical (unpaired) electrons. The Morgan fingerprint density at radius 3 is 2.65 bits per heavy atom. The molecule has 3 aromatic rings. The van der Waals surface area contributed by atoms with E-state index in [0.29, 0.717) is 16.7 Å². The summed E-state index contributed by atoms with van der Waals surface area (Å²) >= 11 is 0. The number of pyridine rings is 1. The number of nitrogens with zero attached hydrogens (tertiary/aromatic N) is 2. The minimum Gasteiger partial charge on any atom is -0.505 e. The molecule has 0 saturated heterocycles. The van der Waals surface area contributed by atoms with Gasteiger partial charge in [0.05, 0.1) is 25.4 Å². The van der Waals surface area contributed by atoms with E-state index in [-0.39, 0.29) is 41.6 Å². The van der Waals surface area contributed by atoms with E-state index in [1.54, 1.807) is 12.1 Å². The van der Waals surface area contributed by atoms with Gasteiger partial charge in [0.2, 0.25) is 0 Å². The Hall–Kier alpha value is -3.22. The van der Waals surface area contributed by atoms with Crippen molar-refractivity contribution >= 4 is 16.8 Å². The van der Waals surface area contributed by atoms with Crippen LogP contribution in [0.25, 0.3) is 10.9 Å². The molecule has 0 unspecified atom stereocenters. The first-order valence-corrected chi connectivity index (χ1v) is 7.90. The predicted molar refractivity (Wildman–Crippen MR) is 89.9 cm³/mol. The summed E-state index contributed by atoms with van der Waals surface area (Å²) in [6, 6.07) is 7.05. The standard InChI is InChI=1S/C19H14F2N2O3/c1-26-18-13-6-12(21)7-22-16(13)17(24)15-14(18)9-23(19(15)25)8-10-2-4-11(20)5-3-10/h2-7,24H,8-9H2,1H3. The summed E-state index contributed by atoms with van der Waals surface area (Å²) in [7, 11) is 1.42. The maximum absolute atomic E-state index is 13.6.